The topological polar surface area (TPSA) is 83.5 Å². The molecule has 1 aromatic heterocycles. The molecule has 0 bridgehead atoms. The van der Waals surface area contributed by atoms with Crippen molar-refractivity contribution >= 4 is 32.6 Å². The monoisotopic (exact) mass is 293 g/mol. The molecule has 0 radical (unpaired) electrons. The zero-order valence-electron chi connectivity index (χ0n) is 10.9. The van der Waals surface area contributed by atoms with Crippen LogP contribution in [0.15, 0.2) is 18.2 Å². The lowest BCUT2D eigenvalue weighted by atomic mass is 10.2. The van der Waals surface area contributed by atoms with E-state index in [4.69, 9.17) is 4.74 Å². The molecule has 106 valence electrons. The van der Waals surface area contributed by atoms with Crippen LogP contribution in [0.1, 0.15) is 6.42 Å². The molecular formula is C13H15N3O3S. The van der Waals surface area contributed by atoms with E-state index in [0.717, 1.165) is 10.2 Å². The van der Waals surface area contributed by atoms with Gasteiger partial charge in [-0.15, -0.1) is 0 Å². The second-order valence-corrected chi connectivity index (χ2v) is 5.70. The summed E-state index contributed by atoms with van der Waals surface area (Å²) in [6, 6.07) is 5.30. The number of fused-ring (bicyclic) bond motifs is 1. The van der Waals surface area contributed by atoms with Gasteiger partial charge < -0.3 is 20.5 Å². The first-order valence-corrected chi connectivity index (χ1v) is 7.15. The summed E-state index contributed by atoms with van der Waals surface area (Å²) in [5, 5.41) is 15.7. The predicted octanol–water partition coefficient (Wildman–Crippen LogP) is 0.966. The van der Waals surface area contributed by atoms with Crippen molar-refractivity contribution in [3.8, 4) is 5.75 Å². The molecule has 1 aromatic carbocycles. The number of β-amino-alcohol motifs (C(OH)–C–C–N with tert-alkyl or cyclic N) is 1. The Balaban J connectivity index is 1.79. The van der Waals surface area contributed by atoms with Crippen LogP contribution < -0.4 is 15.4 Å². The molecule has 1 saturated heterocycles. The summed E-state index contributed by atoms with van der Waals surface area (Å²) >= 11 is 1.40. The van der Waals surface area contributed by atoms with Gasteiger partial charge in [-0.2, -0.15) is 0 Å². The van der Waals surface area contributed by atoms with Gasteiger partial charge in [0.05, 0.1) is 24.0 Å². The van der Waals surface area contributed by atoms with E-state index in [9.17, 15) is 9.90 Å². The summed E-state index contributed by atoms with van der Waals surface area (Å²) in [4.78, 5) is 16.4. The molecule has 3 N–H and O–H groups in total. The number of hydrogen-bond donors (Lipinski definition) is 3. The van der Waals surface area contributed by atoms with Crippen molar-refractivity contribution in [2.24, 2.45) is 0 Å². The second kappa shape index (κ2) is 5.35. The molecule has 1 fully saturated rings. The van der Waals surface area contributed by atoms with Gasteiger partial charge in [0.15, 0.2) is 5.13 Å². The maximum Gasteiger partial charge on any atom is 0.243 e. The maximum atomic E-state index is 12.0. The first kappa shape index (κ1) is 13.3. The summed E-state index contributed by atoms with van der Waals surface area (Å²) in [6.45, 7) is 0.450. The molecule has 0 aliphatic carbocycles. The average molecular weight is 293 g/mol. The number of amides is 1. The minimum absolute atomic E-state index is 0.167. The number of benzene rings is 1. The van der Waals surface area contributed by atoms with Gasteiger partial charge in [-0.3, -0.25) is 4.79 Å². The standard InChI is InChI=1S/C13H15N3O3S/c1-19-9-3-2-4-10-11(9)15-13(20-10)16-12(18)8-5-7(17)6-14-8/h2-4,7-8,14,17H,5-6H2,1H3,(H,15,16,18). The molecule has 7 heteroatoms. The fourth-order valence-electron chi connectivity index (χ4n) is 2.25. The third-order valence-corrected chi connectivity index (χ3v) is 4.19. The van der Waals surface area contributed by atoms with Crippen molar-refractivity contribution in [2.75, 3.05) is 19.0 Å². The van der Waals surface area contributed by atoms with Crippen molar-refractivity contribution in [3.63, 3.8) is 0 Å². The fraction of sp³-hybridized carbons (Fsp3) is 0.385. The smallest absolute Gasteiger partial charge is 0.243 e. The number of nitrogens with one attached hydrogen (secondary N) is 2. The number of methoxy groups -OCH3 is 1. The van der Waals surface area contributed by atoms with Gasteiger partial charge in [-0.25, -0.2) is 4.98 Å². The molecule has 3 rings (SSSR count). The largest absolute Gasteiger partial charge is 0.494 e. The lowest BCUT2D eigenvalue weighted by molar-refractivity contribution is -0.117. The number of aliphatic hydroxyl groups excluding tert-OH is 1. The minimum Gasteiger partial charge on any atom is -0.494 e. The molecule has 6 nitrogen and oxygen atoms in total. The second-order valence-electron chi connectivity index (χ2n) is 4.67. The normalized spacial score (nSPS) is 22.1. The Bertz CT molecular complexity index is 643. The maximum absolute atomic E-state index is 12.0. The Morgan fingerprint density at radius 3 is 3.15 bits per heavy atom. The lowest BCUT2D eigenvalue weighted by Crippen LogP contribution is -2.35. The van der Waals surface area contributed by atoms with E-state index in [0.29, 0.717) is 23.8 Å². The molecule has 1 amide bonds. The van der Waals surface area contributed by atoms with E-state index in [1.165, 1.54) is 11.3 Å². The Morgan fingerprint density at radius 2 is 2.45 bits per heavy atom. The van der Waals surface area contributed by atoms with Gasteiger partial charge >= 0.3 is 0 Å². The van der Waals surface area contributed by atoms with E-state index < -0.39 is 6.10 Å². The Labute approximate surface area is 119 Å². The van der Waals surface area contributed by atoms with Crippen molar-refractivity contribution in [1.82, 2.24) is 10.3 Å². The van der Waals surface area contributed by atoms with Crippen molar-refractivity contribution in [1.29, 1.82) is 0 Å². The zero-order valence-corrected chi connectivity index (χ0v) is 11.7. The van der Waals surface area contributed by atoms with E-state index in [2.05, 4.69) is 15.6 Å². The molecule has 2 heterocycles. The summed E-state index contributed by atoms with van der Waals surface area (Å²) in [7, 11) is 1.59. The number of hydrogen-bond acceptors (Lipinski definition) is 6. The summed E-state index contributed by atoms with van der Waals surface area (Å²) < 4.78 is 6.20. The molecule has 2 unspecified atom stereocenters. The van der Waals surface area contributed by atoms with Crippen molar-refractivity contribution < 1.29 is 14.6 Å². The van der Waals surface area contributed by atoms with Crippen LogP contribution in [0.3, 0.4) is 0 Å². The van der Waals surface area contributed by atoms with Crippen LogP contribution in [0.5, 0.6) is 5.75 Å². The first-order valence-electron chi connectivity index (χ1n) is 6.33. The Kier molecular flexibility index (Phi) is 3.56. The number of para-hydroxylation sites is 1. The number of aromatic nitrogens is 1. The van der Waals surface area contributed by atoms with E-state index in [1.54, 1.807) is 7.11 Å². The number of thiazole rings is 1. The number of carbonyl (C=O) groups excluding carboxylic acids is 1. The van der Waals surface area contributed by atoms with Gasteiger partial charge in [-0.05, 0) is 18.6 Å². The van der Waals surface area contributed by atoms with E-state index in [1.807, 2.05) is 18.2 Å². The molecule has 1 aliphatic rings. The van der Waals surface area contributed by atoms with Crippen LogP contribution in [0.2, 0.25) is 0 Å². The van der Waals surface area contributed by atoms with Crippen LogP contribution in [-0.4, -0.2) is 41.8 Å². The van der Waals surface area contributed by atoms with Gasteiger partial charge in [0.2, 0.25) is 5.91 Å². The van der Waals surface area contributed by atoms with Crippen molar-refractivity contribution in [3.05, 3.63) is 18.2 Å². The lowest BCUT2D eigenvalue weighted by Gasteiger charge is -2.08. The van der Waals surface area contributed by atoms with Crippen LogP contribution in [0.4, 0.5) is 5.13 Å². The predicted molar refractivity (Wildman–Crippen MR) is 77.2 cm³/mol. The van der Waals surface area contributed by atoms with Gasteiger partial charge in [0.25, 0.3) is 0 Å². The SMILES string of the molecule is COc1cccc2sc(NC(=O)C3CC(O)CN3)nc12. The number of anilines is 1. The minimum atomic E-state index is -0.457. The molecule has 1 aliphatic heterocycles. The van der Waals surface area contributed by atoms with Crippen LogP contribution in [0, 0.1) is 0 Å². The number of ether oxygens (including phenoxy) is 1. The third kappa shape index (κ3) is 2.47. The molecule has 2 atom stereocenters. The van der Waals surface area contributed by atoms with Gasteiger partial charge in [-0.1, -0.05) is 17.4 Å². The highest BCUT2D eigenvalue weighted by molar-refractivity contribution is 7.22. The van der Waals surface area contributed by atoms with Gasteiger partial charge in [0, 0.05) is 6.54 Å². The van der Waals surface area contributed by atoms with Crippen LogP contribution in [0.25, 0.3) is 10.2 Å². The number of aliphatic hydroxyl groups is 1. The zero-order chi connectivity index (χ0) is 14.1. The Morgan fingerprint density at radius 1 is 1.60 bits per heavy atom. The summed E-state index contributed by atoms with van der Waals surface area (Å²) in [6.07, 6.45) is -0.0266. The molecule has 20 heavy (non-hydrogen) atoms. The van der Waals surface area contributed by atoms with Crippen LogP contribution in [-0.2, 0) is 4.79 Å². The van der Waals surface area contributed by atoms with E-state index in [-0.39, 0.29) is 11.9 Å². The average Bonchev–Trinajstić information content (AvgIpc) is 3.03. The number of nitrogens with zero attached hydrogens (tertiary/aromatic N) is 1. The highest BCUT2D eigenvalue weighted by atomic mass is 32.1. The van der Waals surface area contributed by atoms with Crippen LogP contribution >= 0.6 is 11.3 Å². The highest BCUT2D eigenvalue weighted by Crippen LogP contribution is 2.32. The first-order chi connectivity index (χ1) is 9.67. The quantitative estimate of drug-likeness (QED) is 0.785. The fourth-order valence-corrected chi connectivity index (χ4v) is 3.14. The summed E-state index contributed by atoms with van der Waals surface area (Å²) in [5.74, 6) is 0.522. The number of rotatable bonds is 3. The highest BCUT2D eigenvalue weighted by Gasteiger charge is 2.28. The van der Waals surface area contributed by atoms with Crippen molar-refractivity contribution in [2.45, 2.75) is 18.6 Å². The van der Waals surface area contributed by atoms with Gasteiger partial charge in [0.1, 0.15) is 11.3 Å². The molecule has 0 saturated carbocycles. The molecule has 2 aromatic rings. The molecule has 0 spiro atoms. The third-order valence-electron chi connectivity index (χ3n) is 3.26. The number of carbonyl (C=O) groups is 1. The summed E-state index contributed by atoms with van der Waals surface area (Å²) in [5.41, 5.74) is 0.745. The molecular weight excluding hydrogens is 278 g/mol. The van der Waals surface area contributed by atoms with E-state index >= 15 is 0 Å². The Hall–Kier alpha value is -1.70.